The molecule has 0 saturated heterocycles. The summed E-state index contributed by atoms with van der Waals surface area (Å²) in [6.45, 7) is 4.15. The van der Waals surface area contributed by atoms with Crippen LogP contribution in [0, 0.1) is 0 Å². The van der Waals surface area contributed by atoms with Crippen molar-refractivity contribution < 1.29 is 13.6 Å². The molecule has 0 aliphatic rings. The molecule has 0 aliphatic carbocycles. The van der Waals surface area contributed by atoms with Crippen molar-refractivity contribution in [3.05, 3.63) is 60.2 Å². The van der Waals surface area contributed by atoms with Gasteiger partial charge < -0.3 is 14.8 Å². The number of benzene rings is 3. The van der Waals surface area contributed by atoms with E-state index >= 15 is 0 Å². The Morgan fingerprint density at radius 1 is 0.917 bits per heavy atom. The van der Waals surface area contributed by atoms with Crippen LogP contribution < -0.4 is 5.73 Å². The minimum absolute atomic E-state index is 0.288. The molecule has 0 heterocycles. The minimum atomic E-state index is -3.44. The Labute approximate surface area is 142 Å². The topological polar surface area (TPSA) is 61.5 Å². The maximum atomic E-state index is 13.1. The summed E-state index contributed by atoms with van der Waals surface area (Å²) in [7, 11) is -3.44. The van der Waals surface area contributed by atoms with Crippen molar-refractivity contribution in [3.8, 4) is 0 Å². The first kappa shape index (κ1) is 17.1. The predicted molar refractivity (Wildman–Crippen MR) is 99.2 cm³/mol. The van der Waals surface area contributed by atoms with Crippen molar-refractivity contribution in [2.45, 2.75) is 19.6 Å². The zero-order valence-corrected chi connectivity index (χ0v) is 14.8. The van der Waals surface area contributed by atoms with Crippen LogP contribution in [0.15, 0.2) is 54.6 Å². The molecule has 1 atom stereocenters. The molecular weight excluding hydrogens is 321 g/mol. The molecule has 0 bridgehead atoms. The second-order valence-corrected chi connectivity index (χ2v) is 7.71. The number of hydrogen-bond donors (Lipinski definition) is 1. The smallest absolute Gasteiger partial charge is 0.314 e. The Balaban J connectivity index is 2.25. The summed E-state index contributed by atoms with van der Waals surface area (Å²) in [5.74, 6) is -0.827. The zero-order chi connectivity index (χ0) is 17.2. The fraction of sp³-hybridized carbons (Fsp3) is 0.263. The Kier molecular flexibility index (Phi) is 5.02. The molecule has 0 spiro atoms. The number of hydrogen-bond acceptors (Lipinski definition) is 4. The van der Waals surface area contributed by atoms with E-state index in [4.69, 9.17) is 14.8 Å². The van der Waals surface area contributed by atoms with Crippen molar-refractivity contribution in [2.24, 2.45) is 5.73 Å². The summed E-state index contributed by atoms with van der Waals surface area (Å²) in [4.78, 5) is 0. The Bertz CT molecular complexity index is 899. The van der Waals surface area contributed by atoms with Crippen LogP contribution in [-0.2, 0) is 13.6 Å². The lowest BCUT2D eigenvalue weighted by atomic mass is 9.97. The average molecular weight is 343 g/mol. The van der Waals surface area contributed by atoms with E-state index in [1.807, 2.05) is 42.5 Å². The fourth-order valence-corrected chi connectivity index (χ4v) is 4.73. The van der Waals surface area contributed by atoms with E-state index in [0.29, 0.717) is 0 Å². The van der Waals surface area contributed by atoms with Crippen molar-refractivity contribution in [3.63, 3.8) is 0 Å². The van der Waals surface area contributed by atoms with Gasteiger partial charge in [0, 0.05) is 0 Å². The largest absolute Gasteiger partial charge is 0.351 e. The molecule has 5 heteroatoms. The third-order valence-electron chi connectivity index (χ3n) is 4.08. The van der Waals surface area contributed by atoms with E-state index < -0.39 is 13.4 Å². The van der Waals surface area contributed by atoms with Crippen LogP contribution >= 0.6 is 7.60 Å². The lowest BCUT2D eigenvalue weighted by molar-refractivity contribution is 0.212. The highest BCUT2D eigenvalue weighted by Gasteiger charge is 2.35. The van der Waals surface area contributed by atoms with E-state index in [1.54, 1.807) is 13.8 Å². The molecule has 3 rings (SSSR count). The molecule has 2 N–H and O–H groups in total. The monoisotopic (exact) mass is 343 g/mol. The highest BCUT2D eigenvalue weighted by atomic mass is 31.2. The first-order valence-corrected chi connectivity index (χ1v) is 9.76. The van der Waals surface area contributed by atoms with Crippen LogP contribution in [0.25, 0.3) is 21.5 Å². The normalized spacial score (nSPS) is 13.5. The SMILES string of the molecule is CCOP(=O)(OCC)[C@@H](N)c1cc2ccccc2c2ccccc12. The number of rotatable bonds is 6. The molecule has 0 amide bonds. The lowest BCUT2D eigenvalue weighted by Gasteiger charge is -2.25. The first-order valence-electron chi connectivity index (χ1n) is 8.15. The summed E-state index contributed by atoms with van der Waals surface area (Å²) in [5, 5.41) is 4.26. The molecule has 0 aliphatic heterocycles. The Morgan fingerprint density at radius 3 is 2.08 bits per heavy atom. The van der Waals surface area contributed by atoms with E-state index in [0.717, 1.165) is 27.1 Å². The molecule has 0 unspecified atom stereocenters. The molecule has 0 radical (unpaired) electrons. The van der Waals surface area contributed by atoms with Crippen molar-refractivity contribution in [1.82, 2.24) is 0 Å². The van der Waals surface area contributed by atoms with Crippen LogP contribution in [0.1, 0.15) is 25.2 Å². The molecule has 126 valence electrons. The summed E-state index contributed by atoms with van der Waals surface area (Å²) >= 11 is 0. The molecule has 24 heavy (non-hydrogen) atoms. The fourth-order valence-electron chi connectivity index (χ4n) is 3.06. The molecule has 0 fully saturated rings. The van der Waals surface area contributed by atoms with Crippen LogP contribution in [0.2, 0.25) is 0 Å². The first-order chi connectivity index (χ1) is 11.6. The van der Waals surface area contributed by atoms with Gasteiger partial charge >= 0.3 is 7.60 Å². The molecule has 3 aromatic carbocycles. The third-order valence-corrected chi connectivity index (χ3v) is 6.27. The van der Waals surface area contributed by atoms with Crippen molar-refractivity contribution in [2.75, 3.05) is 13.2 Å². The summed E-state index contributed by atoms with van der Waals surface area (Å²) in [6, 6.07) is 18.1. The molecular formula is C19H22NO3P. The van der Waals surface area contributed by atoms with Crippen LogP contribution in [0.4, 0.5) is 0 Å². The molecule has 4 nitrogen and oxygen atoms in total. The average Bonchev–Trinajstić information content (AvgIpc) is 2.61. The summed E-state index contributed by atoms with van der Waals surface area (Å²) in [5.41, 5.74) is 7.18. The van der Waals surface area contributed by atoms with E-state index in [1.165, 1.54) is 0 Å². The van der Waals surface area contributed by atoms with E-state index in [-0.39, 0.29) is 13.2 Å². The van der Waals surface area contributed by atoms with Crippen molar-refractivity contribution in [1.29, 1.82) is 0 Å². The standard InChI is InChI=1S/C19H22NO3P/c1-3-22-24(21,23-4-2)19(20)18-13-14-9-5-6-10-15(14)16-11-7-8-12-17(16)18/h5-13,19H,3-4,20H2,1-2H3/t19-/m1/s1. The van der Waals surface area contributed by atoms with Gasteiger partial charge in [0.15, 0.2) is 0 Å². The second-order valence-electron chi connectivity index (χ2n) is 5.55. The molecule has 3 aromatic rings. The maximum Gasteiger partial charge on any atom is 0.351 e. The van der Waals surface area contributed by atoms with Crippen LogP contribution in [0.5, 0.6) is 0 Å². The van der Waals surface area contributed by atoms with Gasteiger partial charge in [-0.25, -0.2) is 0 Å². The van der Waals surface area contributed by atoms with Gasteiger partial charge in [-0.2, -0.15) is 0 Å². The number of fused-ring (bicyclic) bond motifs is 3. The third kappa shape index (κ3) is 2.99. The van der Waals surface area contributed by atoms with Crippen LogP contribution in [-0.4, -0.2) is 13.2 Å². The van der Waals surface area contributed by atoms with Gasteiger partial charge in [-0.05, 0) is 47.0 Å². The van der Waals surface area contributed by atoms with Crippen LogP contribution in [0.3, 0.4) is 0 Å². The predicted octanol–water partition coefficient (Wildman–Crippen LogP) is 5.22. The quantitative estimate of drug-likeness (QED) is 0.492. The van der Waals surface area contributed by atoms with Gasteiger partial charge in [-0.1, -0.05) is 48.5 Å². The van der Waals surface area contributed by atoms with Gasteiger partial charge in [0.1, 0.15) is 5.78 Å². The van der Waals surface area contributed by atoms with Crippen molar-refractivity contribution >= 4 is 29.1 Å². The zero-order valence-electron chi connectivity index (χ0n) is 13.9. The highest BCUT2D eigenvalue weighted by Crippen LogP contribution is 2.59. The molecule has 0 aromatic heterocycles. The van der Waals surface area contributed by atoms with Gasteiger partial charge in [-0.3, -0.25) is 4.57 Å². The van der Waals surface area contributed by atoms with Gasteiger partial charge in [0.2, 0.25) is 0 Å². The van der Waals surface area contributed by atoms with Gasteiger partial charge in [0.25, 0.3) is 0 Å². The lowest BCUT2D eigenvalue weighted by Crippen LogP contribution is -2.15. The summed E-state index contributed by atoms with van der Waals surface area (Å²) < 4.78 is 24.0. The minimum Gasteiger partial charge on any atom is -0.314 e. The van der Waals surface area contributed by atoms with Gasteiger partial charge in [0.05, 0.1) is 13.2 Å². The maximum absolute atomic E-state index is 13.1. The Morgan fingerprint density at radius 2 is 1.46 bits per heavy atom. The summed E-state index contributed by atoms with van der Waals surface area (Å²) in [6.07, 6.45) is 0. The highest BCUT2D eigenvalue weighted by molar-refractivity contribution is 7.54. The number of nitrogens with two attached hydrogens (primary N) is 1. The second kappa shape index (κ2) is 7.04. The van der Waals surface area contributed by atoms with E-state index in [9.17, 15) is 4.57 Å². The Hall–Kier alpha value is -1.71. The molecule has 0 saturated carbocycles. The van der Waals surface area contributed by atoms with Gasteiger partial charge in [-0.15, -0.1) is 0 Å². The van der Waals surface area contributed by atoms with E-state index in [2.05, 4.69) is 12.1 Å².